The van der Waals surface area contributed by atoms with Gasteiger partial charge in [-0.25, -0.2) is 0 Å². The molecule has 0 aromatic carbocycles. The van der Waals surface area contributed by atoms with E-state index in [-0.39, 0.29) is 17.7 Å². The molecule has 0 aliphatic rings. The van der Waals surface area contributed by atoms with Crippen LogP contribution in [0.2, 0.25) is 0 Å². The van der Waals surface area contributed by atoms with E-state index in [1.807, 2.05) is 6.92 Å². The van der Waals surface area contributed by atoms with Gasteiger partial charge in [0.05, 0.1) is 7.11 Å². The minimum Gasteiger partial charge on any atom is -0.469 e. The van der Waals surface area contributed by atoms with Gasteiger partial charge < -0.3 is 4.74 Å². The molecule has 0 heterocycles. The number of ketones is 1. The molecule has 0 saturated heterocycles. The highest BCUT2D eigenvalue weighted by molar-refractivity contribution is 5.79. The number of carbonyl (C=O) groups is 2. The summed E-state index contributed by atoms with van der Waals surface area (Å²) in [5.74, 6) is 0.135. The highest BCUT2D eigenvalue weighted by Crippen LogP contribution is 2.12. The maximum Gasteiger partial charge on any atom is 0.305 e. The molecular weight excluding hydrogens is 192 g/mol. The average molecular weight is 214 g/mol. The van der Waals surface area contributed by atoms with Crippen LogP contribution in [0.4, 0.5) is 0 Å². The van der Waals surface area contributed by atoms with E-state index in [1.165, 1.54) is 7.11 Å². The van der Waals surface area contributed by atoms with E-state index in [0.29, 0.717) is 19.3 Å². The number of ether oxygens (including phenoxy) is 1. The second-order valence-electron chi connectivity index (χ2n) is 4.09. The van der Waals surface area contributed by atoms with Crippen molar-refractivity contribution in [3.63, 3.8) is 0 Å². The van der Waals surface area contributed by atoms with Gasteiger partial charge in [-0.05, 0) is 12.3 Å². The third-order valence-corrected chi connectivity index (χ3v) is 2.38. The second-order valence-corrected chi connectivity index (χ2v) is 4.09. The first-order valence-corrected chi connectivity index (χ1v) is 5.68. The van der Waals surface area contributed by atoms with Crippen LogP contribution in [0.5, 0.6) is 0 Å². The molecule has 0 aromatic heterocycles. The van der Waals surface area contributed by atoms with Gasteiger partial charge in [0.25, 0.3) is 0 Å². The molecule has 0 radical (unpaired) electrons. The summed E-state index contributed by atoms with van der Waals surface area (Å²) >= 11 is 0. The number of rotatable bonds is 8. The number of Topliss-reactive ketones (excluding diaryl/α,β-unsaturated/α-hetero) is 1. The van der Waals surface area contributed by atoms with Crippen LogP contribution in [0.1, 0.15) is 52.4 Å². The lowest BCUT2D eigenvalue weighted by Gasteiger charge is -2.08. The van der Waals surface area contributed by atoms with Gasteiger partial charge in [-0.3, -0.25) is 9.59 Å². The van der Waals surface area contributed by atoms with Gasteiger partial charge >= 0.3 is 5.97 Å². The SMILES string of the molecule is CCCCCC(=O)CC(C)CC(=O)OC. The van der Waals surface area contributed by atoms with E-state index >= 15 is 0 Å². The zero-order valence-electron chi connectivity index (χ0n) is 10.0. The molecule has 0 spiro atoms. The van der Waals surface area contributed by atoms with Crippen LogP contribution in [0, 0.1) is 5.92 Å². The van der Waals surface area contributed by atoms with Crippen LogP contribution in [0.25, 0.3) is 0 Å². The predicted octanol–water partition coefficient (Wildman–Crippen LogP) is 2.73. The fourth-order valence-corrected chi connectivity index (χ4v) is 1.50. The van der Waals surface area contributed by atoms with Gasteiger partial charge in [0.2, 0.25) is 0 Å². The Labute approximate surface area is 92.2 Å². The van der Waals surface area contributed by atoms with E-state index < -0.39 is 0 Å². The number of unbranched alkanes of at least 4 members (excludes halogenated alkanes) is 2. The monoisotopic (exact) mass is 214 g/mol. The van der Waals surface area contributed by atoms with Crippen molar-refractivity contribution in [3.8, 4) is 0 Å². The van der Waals surface area contributed by atoms with Gasteiger partial charge in [-0.15, -0.1) is 0 Å². The van der Waals surface area contributed by atoms with Crippen molar-refractivity contribution >= 4 is 11.8 Å². The Morgan fingerprint density at radius 3 is 2.40 bits per heavy atom. The normalized spacial score (nSPS) is 12.2. The smallest absolute Gasteiger partial charge is 0.305 e. The Kier molecular flexibility index (Phi) is 7.96. The van der Waals surface area contributed by atoms with Crippen molar-refractivity contribution < 1.29 is 14.3 Å². The number of hydrogen-bond donors (Lipinski definition) is 0. The molecule has 1 atom stereocenters. The molecule has 0 amide bonds. The van der Waals surface area contributed by atoms with Crippen LogP contribution in [0.15, 0.2) is 0 Å². The van der Waals surface area contributed by atoms with E-state index in [2.05, 4.69) is 11.7 Å². The molecular formula is C12H22O3. The third-order valence-electron chi connectivity index (χ3n) is 2.38. The first-order chi connectivity index (χ1) is 7.10. The van der Waals surface area contributed by atoms with Crippen molar-refractivity contribution in [2.45, 2.75) is 52.4 Å². The Bertz CT molecular complexity index is 199. The maximum atomic E-state index is 11.4. The predicted molar refractivity (Wildman–Crippen MR) is 59.6 cm³/mol. The number of methoxy groups -OCH3 is 1. The summed E-state index contributed by atoms with van der Waals surface area (Å²) in [5, 5.41) is 0. The maximum absolute atomic E-state index is 11.4. The molecule has 0 aromatic rings. The van der Waals surface area contributed by atoms with Crippen molar-refractivity contribution in [2.75, 3.05) is 7.11 Å². The minimum absolute atomic E-state index is 0.103. The highest BCUT2D eigenvalue weighted by Gasteiger charge is 2.13. The van der Waals surface area contributed by atoms with E-state index in [9.17, 15) is 9.59 Å². The zero-order valence-corrected chi connectivity index (χ0v) is 10.0. The van der Waals surface area contributed by atoms with Gasteiger partial charge in [-0.2, -0.15) is 0 Å². The number of hydrogen-bond acceptors (Lipinski definition) is 3. The molecule has 0 aliphatic heterocycles. The van der Waals surface area contributed by atoms with Crippen LogP contribution >= 0.6 is 0 Å². The molecule has 1 unspecified atom stereocenters. The Hall–Kier alpha value is -0.860. The first kappa shape index (κ1) is 14.1. The molecule has 0 saturated carbocycles. The molecule has 0 rings (SSSR count). The molecule has 0 N–H and O–H groups in total. The summed E-state index contributed by atoms with van der Waals surface area (Å²) < 4.78 is 4.55. The first-order valence-electron chi connectivity index (χ1n) is 5.68. The molecule has 0 fully saturated rings. The van der Waals surface area contributed by atoms with E-state index in [1.54, 1.807) is 0 Å². The molecule has 3 nitrogen and oxygen atoms in total. The van der Waals surface area contributed by atoms with Crippen molar-refractivity contribution in [1.29, 1.82) is 0 Å². The fraction of sp³-hybridized carbons (Fsp3) is 0.833. The van der Waals surface area contributed by atoms with E-state index in [4.69, 9.17) is 0 Å². The standard InChI is InChI=1S/C12H22O3/c1-4-5-6-7-11(13)8-10(2)9-12(14)15-3/h10H,4-9H2,1-3H3. The van der Waals surface area contributed by atoms with Gasteiger partial charge in [0.15, 0.2) is 0 Å². The third kappa shape index (κ3) is 8.16. The van der Waals surface area contributed by atoms with Crippen molar-refractivity contribution in [3.05, 3.63) is 0 Å². The van der Waals surface area contributed by atoms with Crippen molar-refractivity contribution in [1.82, 2.24) is 0 Å². The highest BCUT2D eigenvalue weighted by atomic mass is 16.5. The van der Waals surface area contributed by atoms with Gasteiger partial charge in [-0.1, -0.05) is 26.7 Å². The largest absolute Gasteiger partial charge is 0.469 e. The quantitative estimate of drug-likeness (QED) is 0.461. The lowest BCUT2D eigenvalue weighted by atomic mass is 9.98. The van der Waals surface area contributed by atoms with Gasteiger partial charge in [0.1, 0.15) is 5.78 Å². The summed E-state index contributed by atoms with van der Waals surface area (Å²) in [6.07, 6.45) is 4.70. The lowest BCUT2D eigenvalue weighted by Crippen LogP contribution is -2.11. The van der Waals surface area contributed by atoms with Crippen LogP contribution in [0.3, 0.4) is 0 Å². The van der Waals surface area contributed by atoms with Gasteiger partial charge in [0, 0.05) is 19.3 Å². The van der Waals surface area contributed by atoms with Crippen LogP contribution in [-0.4, -0.2) is 18.9 Å². The zero-order chi connectivity index (χ0) is 11.7. The summed E-state index contributed by atoms with van der Waals surface area (Å²) in [6, 6.07) is 0. The Morgan fingerprint density at radius 2 is 1.87 bits per heavy atom. The van der Waals surface area contributed by atoms with Crippen LogP contribution < -0.4 is 0 Å². The summed E-state index contributed by atoms with van der Waals surface area (Å²) in [6.45, 7) is 4.03. The number of carbonyl (C=O) groups excluding carboxylic acids is 2. The molecule has 15 heavy (non-hydrogen) atoms. The second kappa shape index (κ2) is 8.45. The molecule has 3 heteroatoms. The Morgan fingerprint density at radius 1 is 1.20 bits per heavy atom. The summed E-state index contributed by atoms with van der Waals surface area (Å²) in [5.41, 5.74) is 0. The van der Waals surface area contributed by atoms with Crippen molar-refractivity contribution in [2.24, 2.45) is 5.92 Å². The Balaban J connectivity index is 3.62. The van der Waals surface area contributed by atoms with Crippen LogP contribution in [-0.2, 0) is 14.3 Å². The van der Waals surface area contributed by atoms with E-state index in [0.717, 1.165) is 19.3 Å². The summed E-state index contributed by atoms with van der Waals surface area (Å²) in [7, 11) is 1.37. The lowest BCUT2D eigenvalue weighted by molar-refractivity contribution is -0.141. The fourth-order valence-electron chi connectivity index (χ4n) is 1.50. The molecule has 0 bridgehead atoms. The topological polar surface area (TPSA) is 43.4 Å². The molecule has 0 aliphatic carbocycles. The number of esters is 1. The summed E-state index contributed by atoms with van der Waals surface area (Å²) in [4.78, 5) is 22.4. The molecule has 88 valence electrons. The minimum atomic E-state index is -0.233. The average Bonchev–Trinajstić information content (AvgIpc) is 2.17.